The van der Waals surface area contributed by atoms with Crippen LogP contribution in [0.2, 0.25) is 0 Å². The molecule has 0 saturated heterocycles. The number of nitrogens with zero attached hydrogens (tertiary/aromatic N) is 4. The van der Waals surface area contributed by atoms with Gasteiger partial charge in [0.05, 0.1) is 0 Å². The van der Waals surface area contributed by atoms with Gasteiger partial charge >= 0.3 is 0 Å². The maximum atomic E-state index is 4.24. The maximum absolute atomic E-state index is 4.24. The highest BCUT2D eigenvalue weighted by molar-refractivity contribution is 7.00. The van der Waals surface area contributed by atoms with E-state index in [1.54, 1.807) is 0 Å². The van der Waals surface area contributed by atoms with E-state index < -0.39 is 0 Å². The summed E-state index contributed by atoms with van der Waals surface area (Å²) < 4.78 is 0. The van der Waals surface area contributed by atoms with E-state index in [1.165, 1.54) is 50.1 Å². The van der Waals surface area contributed by atoms with Gasteiger partial charge in [-0.05, 0) is 173 Å². The molecule has 0 N–H and O–H groups in total. The quantitative estimate of drug-likeness (QED) is 0.113. The van der Waals surface area contributed by atoms with E-state index in [9.17, 15) is 0 Å². The highest BCUT2D eigenvalue weighted by atomic mass is 15.2. The molecular formula is C66H61BN4. The third-order valence-electron chi connectivity index (χ3n) is 14.6. The number of hydrogen-bond acceptors (Lipinski definition) is 4. The highest BCUT2D eigenvalue weighted by Crippen LogP contribution is 2.47. The predicted molar refractivity (Wildman–Crippen MR) is 307 cm³/mol. The van der Waals surface area contributed by atoms with Crippen molar-refractivity contribution >= 4 is 96.9 Å². The zero-order valence-corrected chi connectivity index (χ0v) is 42.0. The second-order valence-corrected chi connectivity index (χ2v) is 20.2. The Balaban J connectivity index is 1.14. The predicted octanol–water partition coefficient (Wildman–Crippen LogP) is 17.1. The molecule has 0 saturated carbocycles. The first-order valence-electron chi connectivity index (χ1n) is 25.3. The molecule has 0 aromatic heterocycles. The molecule has 2 aliphatic rings. The smallest absolute Gasteiger partial charge is 0.252 e. The van der Waals surface area contributed by atoms with Crippen LogP contribution in [0.5, 0.6) is 0 Å². The van der Waals surface area contributed by atoms with E-state index in [4.69, 9.17) is 0 Å². The Labute approximate surface area is 421 Å². The van der Waals surface area contributed by atoms with E-state index >= 15 is 0 Å². The number of rotatable bonds is 12. The number of allylic oxidation sites excluding steroid dienone is 1. The summed E-state index contributed by atoms with van der Waals surface area (Å²) in [5.74, 6) is 1.31. The third-order valence-corrected chi connectivity index (χ3v) is 14.6. The van der Waals surface area contributed by atoms with Crippen molar-refractivity contribution in [2.75, 3.05) is 19.6 Å². The lowest BCUT2D eigenvalue weighted by Crippen LogP contribution is -2.61. The zero-order chi connectivity index (χ0) is 48.9. The number of para-hydroxylation sites is 2. The Morgan fingerprint density at radius 2 is 0.718 bits per heavy atom. The lowest BCUT2D eigenvalue weighted by Gasteiger charge is -2.44. The Morgan fingerprint density at radius 3 is 1.06 bits per heavy atom. The van der Waals surface area contributed by atoms with E-state index in [-0.39, 0.29) is 6.71 Å². The first-order valence-corrected chi connectivity index (χ1v) is 25.3. The zero-order valence-electron chi connectivity index (χ0n) is 42.0. The molecule has 0 amide bonds. The molecule has 0 aliphatic carbocycles. The molecule has 11 rings (SSSR count). The van der Waals surface area contributed by atoms with Crippen molar-refractivity contribution in [1.82, 2.24) is 0 Å². The van der Waals surface area contributed by atoms with Gasteiger partial charge in [0.2, 0.25) is 0 Å². The van der Waals surface area contributed by atoms with Gasteiger partial charge in [-0.15, -0.1) is 0 Å². The van der Waals surface area contributed by atoms with Crippen LogP contribution in [0.25, 0.3) is 5.57 Å². The van der Waals surface area contributed by atoms with Crippen LogP contribution in [0.3, 0.4) is 0 Å². The van der Waals surface area contributed by atoms with Crippen molar-refractivity contribution in [2.45, 2.75) is 66.2 Å². The molecule has 0 unspecified atom stereocenters. The Kier molecular flexibility index (Phi) is 12.0. The fourth-order valence-corrected chi connectivity index (χ4v) is 10.7. The fourth-order valence-electron chi connectivity index (χ4n) is 10.7. The Hall–Kier alpha value is -8.02. The van der Waals surface area contributed by atoms with Gasteiger partial charge in [0.25, 0.3) is 6.71 Å². The van der Waals surface area contributed by atoms with Gasteiger partial charge in [-0.2, -0.15) is 0 Å². The Morgan fingerprint density at radius 1 is 0.380 bits per heavy atom. The van der Waals surface area contributed by atoms with Crippen LogP contribution in [0.15, 0.2) is 219 Å². The monoisotopic (exact) mass is 920 g/mol. The first-order chi connectivity index (χ1) is 34.5. The molecule has 348 valence electrons. The standard InChI is InChI=1S/C66H61BN4/c1-44(2)48-22-30-54(31-23-48)68(55-32-24-49(25-33-55)45(3)4)58-38-40-60-64(42-58)70(52-16-11-9-12-17-52)62-20-15-21-63-66(62)67(60)61-41-39-59(43-65(61)71(63)53-18-13-10-14-19-53)69(56-34-26-50(27-35-56)46(5)6)57-36-28-51(29-37-57)47(7)8/h9-43,45-47H,1H2,2-8H3. The van der Waals surface area contributed by atoms with E-state index in [1.807, 2.05) is 0 Å². The summed E-state index contributed by atoms with van der Waals surface area (Å²) in [6, 6.07) is 79.2. The molecular weight excluding hydrogens is 860 g/mol. The lowest BCUT2D eigenvalue weighted by molar-refractivity contribution is 0.866. The molecule has 2 heterocycles. The van der Waals surface area contributed by atoms with E-state index in [0.29, 0.717) is 17.8 Å². The molecule has 9 aromatic carbocycles. The molecule has 4 nitrogen and oxygen atoms in total. The number of fused-ring (bicyclic) bond motifs is 4. The van der Waals surface area contributed by atoms with Gasteiger partial charge in [0.1, 0.15) is 0 Å². The number of hydrogen-bond donors (Lipinski definition) is 0. The van der Waals surface area contributed by atoms with E-state index in [0.717, 1.165) is 62.3 Å². The molecule has 0 fully saturated rings. The van der Waals surface area contributed by atoms with Crippen molar-refractivity contribution in [3.63, 3.8) is 0 Å². The van der Waals surface area contributed by atoms with Crippen LogP contribution in [-0.4, -0.2) is 6.71 Å². The molecule has 0 spiro atoms. The van der Waals surface area contributed by atoms with Crippen molar-refractivity contribution in [1.29, 1.82) is 0 Å². The second-order valence-electron chi connectivity index (χ2n) is 20.2. The van der Waals surface area contributed by atoms with Crippen LogP contribution in [0.1, 0.15) is 88.5 Å². The normalized spacial score (nSPS) is 12.5. The topological polar surface area (TPSA) is 13.0 Å². The molecule has 9 aromatic rings. The van der Waals surface area contributed by atoms with Crippen LogP contribution < -0.4 is 36.0 Å². The summed E-state index contributed by atoms with van der Waals surface area (Å²) in [5.41, 5.74) is 23.5. The largest absolute Gasteiger partial charge is 0.311 e. The summed E-state index contributed by atoms with van der Waals surface area (Å²) >= 11 is 0. The minimum atomic E-state index is -0.0491. The first kappa shape index (κ1) is 45.4. The summed E-state index contributed by atoms with van der Waals surface area (Å²) in [6.45, 7) is 19.8. The molecule has 0 radical (unpaired) electrons. The summed E-state index contributed by atoms with van der Waals surface area (Å²) in [7, 11) is 0. The van der Waals surface area contributed by atoms with Crippen LogP contribution in [-0.2, 0) is 0 Å². The van der Waals surface area contributed by atoms with E-state index in [2.05, 4.69) is 287 Å². The van der Waals surface area contributed by atoms with Crippen molar-refractivity contribution in [3.8, 4) is 0 Å². The molecule has 0 bridgehead atoms. The summed E-state index contributed by atoms with van der Waals surface area (Å²) in [5, 5.41) is 0. The molecule has 2 aliphatic heterocycles. The number of benzene rings is 9. The van der Waals surface area contributed by atoms with Crippen LogP contribution in [0, 0.1) is 0 Å². The number of anilines is 12. The minimum absolute atomic E-state index is 0.0491. The summed E-state index contributed by atoms with van der Waals surface area (Å²) in [6.07, 6.45) is 0. The average Bonchev–Trinajstić information content (AvgIpc) is 3.39. The minimum Gasteiger partial charge on any atom is -0.311 e. The van der Waals surface area contributed by atoms with Gasteiger partial charge in [0.15, 0.2) is 0 Å². The molecule has 5 heteroatoms. The van der Waals surface area contributed by atoms with Gasteiger partial charge in [-0.3, -0.25) is 0 Å². The molecule has 71 heavy (non-hydrogen) atoms. The van der Waals surface area contributed by atoms with Crippen molar-refractivity contribution < 1.29 is 0 Å². The van der Waals surface area contributed by atoms with Gasteiger partial charge < -0.3 is 19.6 Å². The Bertz CT molecular complexity index is 3310. The van der Waals surface area contributed by atoms with Crippen molar-refractivity contribution in [2.24, 2.45) is 0 Å². The van der Waals surface area contributed by atoms with Gasteiger partial charge in [-0.1, -0.05) is 157 Å². The van der Waals surface area contributed by atoms with Crippen LogP contribution >= 0.6 is 0 Å². The third kappa shape index (κ3) is 8.29. The highest BCUT2D eigenvalue weighted by Gasteiger charge is 2.43. The fraction of sp³-hybridized carbons (Fsp3) is 0.152. The average molecular weight is 921 g/mol. The van der Waals surface area contributed by atoms with Crippen molar-refractivity contribution in [3.05, 3.63) is 241 Å². The SMILES string of the molecule is C=C(C)c1ccc(N(c2ccc(C(C)C)cc2)c2ccc3c(c2)N(c2ccccc2)c2cccc4c2B3c2ccc(N(c3ccc(C(C)C)cc3)c3ccc(C(C)C)cc3)cc2N4c2ccccc2)cc1. The van der Waals surface area contributed by atoms with Crippen LogP contribution in [0.4, 0.5) is 68.2 Å². The van der Waals surface area contributed by atoms with Gasteiger partial charge in [-0.25, -0.2) is 0 Å². The second kappa shape index (κ2) is 18.7. The maximum Gasteiger partial charge on any atom is 0.252 e. The summed E-state index contributed by atoms with van der Waals surface area (Å²) in [4.78, 5) is 9.81. The lowest BCUT2D eigenvalue weighted by atomic mass is 9.33. The molecule has 0 atom stereocenters. The van der Waals surface area contributed by atoms with Gasteiger partial charge in [0, 0.05) is 68.2 Å².